The monoisotopic (exact) mass is 308 g/mol. The second kappa shape index (κ2) is 7.07. The van der Waals surface area contributed by atoms with Crippen LogP contribution in [0.2, 0.25) is 0 Å². The average molecular weight is 308 g/mol. The van der Waals surface area contributed by atoms with Gasteiger partial charge in [-0.1, -0.05) is 20.3 Å². The van der Waals surface area contributed by atoms with Crippen molar-refractivity contribution in [3.63, 3.8) is 0 Å². The van der Waals surface area contributed by atoms with Crippen molar-refractivity contribution < 1.29 is 9.59 Å². The molecule has 0 spiro atoms. The van der Waals surface area contributed by atoms with E-state index in [0.29, 0.717) is 10.6 Å². The van der Waals surface area contributed by atoms with Crippen LogP contribution in [-0.2, 0) is 17.6 Å². The van der Waals surface area contributed by atoms with E-state index >= 15 is 0 Å². The average Bonchev–Trinajstić information content (AvgIpc) is 2.62. The summed E-state index contributed by atoms with van der Waals surface area (Å²) in [6, 6.07) is 0. The zero-order chi connectivity index (χ0) is 15.4. The largest absolute Gasteiger partial charge is 0.365 e. The molecule has 5 heteroatoms. The number of nitrogens with one attached hydrogen (secondary N) is 1. The fourth-order valence-electron chi connectivity index (χ4n) is 2.96. The maximum atomic E-state index is 12.3. The first kappa shape index (κ1) is 16.0. The van der Waals surface area contributed by atoms with Gasteiger partial charge in [-0.2, -0.15) is 0 Å². The number of hydrogen-bond acceptors (Lipinski definition) is 3. The van der Waals surface area contributed by atoms with Crippen LogP contribution in [0.5, 0.6) is 0 Å². The maximum Gasteiger partial charge on any atom is 0.251 e. The summed E-state index contributed by atoms with van der Waals surface area (Å²) < 4.78 is 0. The second-order valence-corrected chi connectivity index (χ2v) is 6.74. The highest BCUT2D eigenvalue weighted by atomic mass is 32.1. The van der Waals surface area contributed by atoms with Gasteiger partial charge in [0.1, 0.15) is 5.00 Å². The molecule has 0 saturated carbocycles. The summed E-state index contributed by atoms with van der Waals surface area (Å²) >= 11 is 1.54. The normalized spacial score (nSPS) is 14.6. The van der Waals surface area contributed by atoms with Gasteiger partial charge in [-0.25, -0.2) is 0 Å². The number of fused-ring (bicyclic) bond motifs is 1. The zero-order valence-electron chi connectivity index (χ0n) is 12.8. The Morgan fingerprint density at radius 1 is 1.19 bits per heavy atom. The number of primary amides is 1. The zero-order valence-corrected chi connectivity index (χ0v) is 13.6. The number of anilines is 1. The lowest BCUT2D eigenvalue weighted by Gasteiger charge is -2.12. The molecule has 0 atom stereocenters. The molecule has 2 amide bonds. The number of amides is 2. The third-order valence-electron chi connectivity index (χ3n) is 4.26. The van der Waals surface area contributed by atoms with Crippen LogP contribution in [0.3, 0.4) is 0 Å². The number of thiophene rings is 1. The van der Waals surface area contributed by atoms with Crippen LogP contribution in [0.4, 0.5) is 5.00 Å². The van der Waals surface area contributed by atoms with Gasteiger partial charge in [-0.3, -0.25) is 9.59 Å². The molecular weight excluding hydrogens is 284 g/mol. The number of aryl methyl sites for hydroxylation is 1. The van der Waals surface area contributed by atoms with Gasteiger partial charge in [0.15, 0.2) is 0 Å². The fourth-order valence-corrected chi connectivity index (χ4v) is 4.26. The molecule has 0 fully saturated rings. The molecule has 1 aliphatic rings. The molecule has 0 aliphatic heterocycles. The number of carbonyl (C=O) groups excluding carboxylic acids is 2. The smallest absolute Gasteiger partial charge is 0.251 e. The minimum absolute atomic E-state index is 0.00101. The molecule has 21 heavy (non-hydrogen) atoms. The topological polar surface area (TPSA) is 72.2 Å². The minimum Gasteiger partial charge on any atom is -0.365 e. The SMILES string of the molecule is CCC(CC)C(=O)Nc1sc2c(c1C(N)=O)CCCCC2. The van der Waals surface area contributed by atoms with Crippen LogP contribution in [-0.4, -0.2) is 11.8 Å². The van der Waals surface area contributed by atoms with Crippen molar-refractivity contribution in [3.05, 3.63) is 16.0 Å². The lowest BCUT2D eigenvalue weighted by atomic mass is 10.0. The summed E-state index contributed by atoms with van der Waals surface area (Å²) in [5.41, 5.74) is 7.19. The summed E-state index contributed by atoms with van der Waals surface area (Å²) in [5, 5.41) is 3.61. The van der Waals surface area contributed by atoms with Crippen LogP contribution in [0.15, 0.2) is 0 Å². The van der Waals surface area contributed by atoms with Gasteiger partial charge in [0.05, 0.1) is 5.56 Å². The van der Waals surface area contributed by atoms with Gasteiger partial charge in [0.25, 0.3) is 5.91 Å². The molecule has 2 rings (SSSR count). The van der Waals surface area contributed by atoms with E-state index in [-0.39, 0.29) is 11.8 Å². The summed E-state index contributed by atoms with van der Waals surface area (Å²) in [4.78, 5) is 25.3. The van der Waals surface area contributed by atoms with Gasteiger partial charge in [-0.05, 0) is 44.1 Å². The lowest BCUT2D eigenvalue weighted by Crippen LogP contribution is -2.23. The predicted molar refractivity (Wildman–Crippen MR) is 86.8 cm³/mol. The molecular formula is C16H24N2O2S. The maximum absolute atomic E-state index is 12.3. The molecule has 1 aliphatic carbocycles. The van der Waals surface area contributed by atoms with Crippen molar-refractivity contribution in [2.45, 2.75) is 58.8 Å². The second-order valence-electron chi connectivity index (χ2n) is 5.64. The van der Waals surface area contributed by atoms with Crippen molar-refractivity contribution in [2.24, 2.45) is 11.7 Å². The number of carbonyl (C=O) groups is 2. The van der Waals surface area contributed by atoms with Gasteiger partial charge in [0, 0.05) is 10.8 Å². The Labute approximate surface area is 130 Å². The molecule has 116 valence electrons. The van der Waals surface area contributed by atoms with Crippen molar-refractivity contribution in [1.29, 1.82) is 0 Å². The van der Waals surface area contributed by atoms with Crippen LogP contribution >= 0.6 is 11.3 Å². The van der Waals surface area contributed by atoms with Gasteiger partial charge in [-0.15, -0.1) is 11.3 Å². The van der Waals surface area contributed by atoms with Crippen LogP contribution in [0.1, 0.15) is 66.8 Å². The first-order chi connectivity index (χ1) is 10.1. The highest BCUT2D eigenvalue weighted by Crippen LogP contribution is 2.37. The van der Waals surface area contributed by atoms with Gasteiger partial charge < -0.3 is 11.1 Å². The predicted octanol–water partition coefficient (Wildman–Crippen LogP) is 3.49. The molecule has 1 aromatic heterocycles. The Bertz CT molecular complexity index is 533. The lowest BCUT2D eigenvalue weighted by molar-refractivity contribution is -0.120. The molecule has 0 radical (unpaired) electrons. The van der Waals surface area contributed by atoms with E-state index in [4.69, 9.17) is 5.73 Å². The van der Waals surface area contributed by atoms with E-state index in [1.54, 1.807) is 0 Å². The number of nitrogens with two attached hydrogens (primary N) is 1. The van der Waals surface area contributed by atoms with E-state index in [2.05, 4.69) is 5.32 Å². The van der Waals surface area contributed by atoms with E-state index in [1.165, 1.54) is 22.6 Å². The van der Waals surface area contributed by atoms with Crippen LogP contribution < -0.4 is 11.1 Å². The van der Waals surface area contributed by atoms with Gasteiger partial charge >= 0.3 is 0 Å². The van der Waals surface area contributed by atoms with E-state index in [0.717, 1.165) is 44.1 Å². The third kappa shape index (κ3) is 3.46. The molecule has 0 unspecified atom stereocenters. The Morgan fingerprint density at radius 3 is 2.48 bits per heavy atom. The molecule has 0 saturated heterocycles. The summed E-state index contributed by atoms with van der Waals surface area (Å²) in [6.45, 7) is 4.01. The van der Waals surface area contributed by atoms with E-state index in [9.17, 15) is 9.59 Å². The quantitative estimate of drug-likeness (QED) is 0.817. The Balaban J connectivity index is 2.31. The molecule has 0 bridgehead atoms. The molecule has 3 N–H and O–H groups in total. The standard InChI is InChI=1S/C16H24N2O2S/c1-3-10(4-2)15(20)18-16-13(14(17)19)11-8-6-5-7-9-12(11)21-16/h10H,3-9H2,1-2H3,(H2,17,19)(H,18,20). The number of rotatable bonds is 5. The summed E-state index contributed by atoms with van der Waals surface area (Å²) in [5.74, 6) is -0.430. The minimum atomic E-state index is -0.422. The first-order valence-electron chi connectivity index (χ1n) is 7.83. The van der Waals surface area contributed by atoms with E-state index in [1.807, 2.05) is 13.8 Å². The summed E-state index contributed by atoms with van der Waals surface area (Å²) in [6.07, 6.45) is 6.91. The van der Waals surface area contributed by atoms with Gasteiger partial charge in [0.2, 0.25) is 5.91 Å². The van der Waals surface area contributed by atoms with E-state index < -0.39 is 5.91 Å². The van der Waals surface area contributed by atoms with Crippen LogP contribution in [0.25, 0.3) is 0 Å². The molecule has 4 nitrogen and oxygen atoms in total. The van der Waals surface area contributed by atoms with Crippen molar-refractivity contribution in [1.82, 2.24) is 0 Å². The summed E-state index contributed by atoms with van der Waals surface area (Å²) in [7, 11) is 0. The fraction of sp³-hybridized carbons (Fsp3) is 0.625. The number of hydrogen-bond donors (Lipinski definition) is 2. The molecule has 1 heterocycles. The Morgan fingerprint density at radius 2 is 1.86 bits per heavy atom. The van der Waals surface area contributed by atoms with Crippen LogP contribution in [0, 0.1) is 5.92 Å². The highest BCUT2D eigenvalue weighted by Gasteiger charge is 2.25. The van der Waals surface area contributed by atoms with Crippen molar-refractivity contribution in [3.8, 4) is 0 Å². The Hall–Kier alpha value is -1.36. The van der Waals surface area contributed by atoms with Crippen molar-refractivity contribution in [2.75, 3.05) is 5.32 Å². The Kier molecular flexibility index (Phi) is 5.39. The first-order valence-corrected chi connectivity index (χ1v) is 8.65. The highest BCUT2D eigenvalue weighted by molar-refractivity contribution is 7.17. The van der Waals surface area contributed by atoms with Crippen molar-refractivity contribution >= 4 is 28.2 Å². The molecule has 0 aromatic carbocycles. The molecule has 1 aromatic rings. The third-order valence-corrected chi connectivity index (χ3v) is 5.47.